The molecule has 0 radical (unpaired) electrons. The maximum Gasteiger partial charge on any atom is 0.263 e. The van der Waals surface area contributed by atoms with Crippen molar-refractivity contribution in [1.82, 2.24) is 10.2 Å². The van der Waals surface area contributed by atoms with Gasteiger partial charge < -0.3 is 15.0 Å². The Morgan fingerprint density at radius 3 is 2.67 bits per heavy atom. The summed E-state index contributed by atoms with van der Waals surface area (Å²) in [7, 11) is 1.98. The summed E-state index contributed by atoms with van der Waals surface area (Å²) in [6.45, 7) is 5.44. The molecule has 0 saturated carbocycles. The molecular formula is C16H23BrN2O2. The van der Waals surface area contributed by atoms with Gasteiger partial charge in [0.25, 0.3) is 5.91 Å². The summed E-state index contributed by atoms with van der Waals surface area (Å²) in [6, 6.07) is 6.40. The molecule has 0 aromatic heterocycles. The fraction of sp³-hybridized carbons (Fsp3) is 0.562. The van der Waals surface area contributed by atoms with E-state index in [1.807, 2.05) is 44.0 Å². The van der Waals surface area contributed by atoms with Gasteiger partial charge in [-0.25, -0.2) is 0 Å². The maximum atomic E-state index is 12.4. The second-order valence-corrected chi connectivity index (χ2v) is 6.44. The van der Waals surface area contributed by atoms with Gasteiger partial charge in [-0.15, -0.1) is 0 Å². The Morgan fingerprint density at radius 1 is 1.43 bits per heavy atom. The summed E-state index contributed by atoms with van der Waals surface area (Å²) in [5.74, 6) is 0.781. The lowest BCUT2D eigenvalue weighted by Crippen LogP contribution is -2.48. The van der Waals surface area contributed by atoms with Gasteiger partial charge in [-0.3, -0.25) is 4.79 Å². The average molecular weight is 355 g/mol. The molecule has 1 atom stereocenters. The van der Waals surface area contributed by atoms with E-state index >= 15 is 0 Å². The normalized spacial score (nSPS) is 17.6. The number of nitrogens with one attached hydrogen (secondary N) is 1. The zero-order chi connectivity index (χ0) is 15.4. The molecule has 0 spiro atoms. The topological polar surface area (TPSA) is 41.6 Å². The molecule has 1 heterocycles. The summed E-state index contributed by atoms with van der Waals surface area (Å²) in [5, 5.41) is 3.27. The number of benzene rings is 1. The van der Waals surface area contributed by atoms with E-state index in [4.69, 9.17) is 4.74 Å². The molecule has 0 unspecified atom stereocenters. The summed E-state index contributed by atoms with van der Waals surface area (Å²) >= 11 is 3.48. The Bertz CT molecular complexity index is 499. The Kier molecular flexibility index (Phi) is 5.65. The molecule has 1 fully saturated rings. The number of halogens is 1. The molecule has 1 aromatic carbocycles. The van der Waals surface area contributed by atoms with Crippen LogP contribution >= 0.6 is 15.9 Å². The molecule has 1 aliphatic heterocycles. The monoisotopic (exact) mass is 354 g/mol. The quantitative estimate of drug-likeness (QED) is 0.903. The minimum absolute atomic E-state index is 0.0667. The van der Waals surface area contributed by atoms with Crippen LogP contribution in [0.3, 0.4) is 0 Å². The first-order chi connectivity index (χ1) is 10.0. The standard InChI is InChI=1S/C16H23BrN2O2/c1-11-4-5-15(14(17)10-11)21-12(2)16(20)19-8-6-13(18-3)7-9-19/h4-5,10,12-13,18H,6-9H2,1-3H3/t12-/m1/s1. The molecule has 2 rings (SSSR count). The second kappa shape index (κ2) is 7.27. The smallest absolute Gasteiger partial charge is 0.263 e. The number of ether oxygens (including phenoxy) is 1. The molecule has 4 nitrogen and oxygen atoms in total. The van der Waals surface area contributed by atoms with Crippen LogP contribution < -0.4 is 10.1 Å². The van der Waals surface area contributed by atoms with Crippen molar-refractivity contribution in [2.45, 2.75) is 38.8 Å². The van der Waals surface area contributed by atoms with E-state index in [-0.39, 0.29) is 5.91 Å². The molecule has 1 saturated heterocycles. The zero-order valence-electron chi connectivity index (χ0n) is 12.9. The van der Waals surface area contributed by atoms with E-state index in [1.165, 1.54) is 0 Å². The minimum Gasteiger partial charge on any atom is -0.480 e. The summed E-state index contributed by atoms with van der Waals surface area (Å²) in [5.41, 5.74) is 1.15. The van der Waals surface area contributed by atoms with Crippen LogP contribution in [0.4, 0.5) is 0 Å². The molecule has 0 bridgehead atoms. The Balaban J connectivity index is 1.93. The van der Waals surface area contributed by atoms with E-state index in [0.29, 0.717) is 11.8 Å². The van der Waals surface area contributed by atoms with Gasteiger partial charge >= 0.3 is 0 Å². The highest BCUT2D eigenvalue weighted by Gasteiger charge is 2.26. The van der Waals surface area contributed by atoms with Crippen LogP contribution in [0.25, 0.3) is 0 Å². The molecule has 0 aliphatic carbocycles. The second-order valence-electron chi connectivity index (χ2n) is 5.58. The predicted octanol–water partition coefficient (Wildman–Crippen LogP) is 2.74. The van der Waals surface area contributed by atoms with Gasteiger partial charge in [-0.05, 0) is 67.4 Å². The largest absolute Gasteiger partial charge is 0.480 e. The third-order valence-electron chi connectivity index (χ3n) is 3.95. The Morgan fingerprint density at radius 2 is 2.10 bits per heavy atom. The highest BCUT2D eigenvalue weighted by Crippen LogP contribution is 2.27. The summed E-state index contributed by atoms with van der Waals surface area (Å²) in [6.07, 6.45) is 1.54. The third-order valence-corrected chi connectivity index (χ3v) is 4.57. The van der Waals surface area contributed by atoms with Crippen LogP contribution in [0.2, 0.25) is 0 Å². The Labute approximate surface area is 135 Å². The van der Waals surface area contributed by atoms with Gasteiger partial charge in [0.2, 0.25) is 0 Å². The van der Waals surface area contributed by atoms with Crippen molar-refractivity contribution in [3.8, 4) is 5.75 Å². The summed E-state index contributed by atoms with van der Waals surface area (Å²) < 4.78 is 6.70. The molecular weight excluding hydrogens is 332 g/mol. The van der Waals surface area contributed by atoms with E-state index < -0.39 is 6.10 Å². The molecule has 1 aromatic rings. The van der Waals surface area contributed by atoms with Crippen molar-refractivity contribution in [1.29, 1.82) is 0 Å². The highest BCUT2D eigenvalue weighted by atomic mass is 79.9. The van der Waals surface area contributed by atoms with E-state index in [9.17, 15) is 4.79 Å². The molecule has 21 heavy (non-hydrogen) atoms. The van der Waals surface area contributed by atoms with Crippen LogP contribution in [0.15, 0.2) is 22.7 Å². The molecule has 1 amide bonds. The average Bonchev–Trinajstić information content (AvgIpc) is 2.49. The van der Waals surface area contributed by atoms with Gasteiger partial charge in [0.1, 0.15) is 5.75 Å². The van der Waals surface area contributed by atoms with Crippen LogP contribution in [-0.2, 0) is 4.79 Å². The number of hydrogen-bond acceptors (Lipinski definition) is 3. The predicted molar refractivity (Wildman–Crippen MR) is 87.6 cm³/mol. The molecule has 5 heteroatoms. The number of piperidine rings is 1. The number of nitrogens with zero attached hydrogens (tertiary/aromatic N) is 1. The minimum atomic E-state index is -0.463. The number of carbonyl (C=O) groups excluding carboxylic acids is 1. The highest BCUT2D eigenvalue weighted by molar-refractivity contribution is 9.10. The van der Waals surface area contributed by atoms with E-state index in [0.717, 1.165) is 36.0 Å². The number of carbonyl (C=O) groups is 1. The van der Waals surface area contributed by atoms with Crippen molar-refractivity contribution < 1.29 is 9.53 Å². The first-order valence-corrected chi connectivity index (χ1v) is 8.19. The van der Waals surface area contributed by atoms with Crippen molar-refractivity contribution in [2.24, 2.45) is 0 Å². The third kappa shape index (κ3) is 4.20. The van der Waals surface area contributed by atoms with Gasteiger partial charge in [-0.1, -0.05) is 6.07 Å². The Hall–Kier alpha value is -1.07. The number of rotatable bonds is 4. The maximum absolute atomic E-state index is 12.4. The fourth-order valence-electron chi connectivity index (χ4n) is 2.59. The first-order valence-electron chi connectivity index (χ1n) is 7.40. The van der Waals surface area contributed by atoms with Crippen LogP contribution in [-0.4, -0.2) is 43.1 Å². The van der Waals surface area contributed by atoms with Crippen molar-refractivity contribution in [3.63, 3.8) is 0 Å². The van der Waals surface area contributed by atoms with Crippen molar-refractivity contribution in [2.75, 3.05) is 20.1 Å². The summed E-state index contributed by atoms with van der Waals surface area (Å²) in [4.78, 5) is 14.3. The van der Waals surface area contributed by atoms with Crippen molar-refractivity contribution >= 4 is 21.8 Å². The van der Waals surface area contributed by atoms with Crippen molar-refractivity contribution in [3.05, 3.63) is 28.2 Å². The fourth-order valence-corrected chi connectivity index (χ4v) is 3.17. The van der Waals surface area contributed by atoms with Crippen LogP contribution in [0, 0.1) is 6.92 Å². The van der Waals surface area contributed by atoms with E-state index in [1.54, 1.807) is 0 Å². The SMILES string of the molecule is CNC1CCN(C(=O)[C@@H](C)Oc2ccc(C)cc2Br)CC1. The zero-order valence-corrected chi connectivity index (χ0v) is 14.4. The number of aryl methyl sites for hydroxylation is 1. The van der Waals surface area contributed by atoms with Gasteiger partial charge in [0.15, 0.2) is 6.10 Å². The lowest BCUT2D eigenvalue weighted by Gasteiger charge is -2.33. The van der Waals surface area contributed by atoms with Gasteiger partial charge in [0.05, 0.1) is 4.47 Å². The number of likely N-dealkylation sites (tertiary alicyclic amines) is 1. The van der Waals surface area contributed by atoms with Crippen LogP contribution in [0.1, 0.15) is 25.3 Å². The van der Waals surface area contributed by atoms with Crippen LogP contribution in [0.5, 0.6) is 5.75 Å². The van der Waals surface area contributed by atoms with E-state index in [2.05, 4.69) is 21.2 Å². The number of hydrogen-bond donors (Lipinski definition) is 1. The van der Waals surface area contributed by atoms with Gasteiger partial charge in [0, 0.05) is 19.1 Å². The van der Waals surface area contributed by atoms with Gasteiger partial charge in [-0.2, -0.15) is 0 Å². The molecule has 1 N–H and O–H groups in total. The lowest BCUT2D eigenvalue weighted by molar-refractivity contribution is -0.139. The lowest BCUT2D eigenvalue weighted by atomic mass is 10.0. The molecule has 1 aliphatic rings. The molecule has 116 valence electrons. The first kappa shape index (κ1) is 16.3. The number of amides is 1.